The van der Waals surface area contributed by atoms with Crippen LogP contribution in [-0.4, -0.2) is 34.7 Å². The maximum atomic E-state index is 14.1. The van der Waals surface area contributed by atoms with Crippen LogP contribution in [-0.2, 0) is 9.59 Å². The normalized spacial score (nSPS) is 19.5. The fourth-order valence-corrected chi connectivity index (χ4v) is 3.51. The third-order valence-electron chi connectivity index (χ3n) is 4.82. The van der Waals surface area contributed by atoms with Crippen molar-refractivity contribution in [1.29, 1.82) is 0 Å². The minimum atomic E-state index is -0.923. The molecule has 2 aliphatic rings. The zero-order valence-corrected chi connectivity index (χ0v) is 15.0. The zero-order valence-electron chi connectivity index (χ0n) is 14.3. The van der Waals surface area contributed by atoms with Gasteiger partial charge in [0.25, 0.3) is 11.8 Å². The van der Waals surface area contributed by atoms with Crippen molar-refractivity contribution >= 4 is 35.0 Å². The van der Waals surface area contributed by atoms with E-state index in [-0.39, 0.29) is 23.9 Å². The van der Waals surface area contributed by atoms with E-state index >= 15 is 0 Å². The summed E-state index contributed by atoms with van der Waals surface area (Å²) in [6, 6.07) is 11.0. The lowest BCUT2D eigenvalue weighted by molar-refractivity contribution is -0.122. The highest BCUT2D eigenvalue weighted by atomic mass is 35.5. The number of halogens is 2. The summed E-state index contributed by atoms with van der Waals surface area (Å²) in [7, 11) is 0. The van der Waals surface area contributed by atoms with Gasteiger partial charge in [-0.05, 0) is 49.2 Å². The third kappa shape index (κ3) is 3.21. The first-order chi connectivity index (χ1) is 13.0. The Morgan fingerprint density at radius 3 is 2.37 bits per heavy atom. The lowest BCUT2D eigenvalue weighted by Gasteiger charge is -2.27. The first-order valence-electron chi connectivity index (χ1n) is 8.67. The van der Waals surface area contributed by atoms with Crippen molar-refractivity contribution in [3.63, 3.8) is 0 Å². The van der Waals surface area contributed by atoms with E-state index in [0.29, 0.717) is 10.7 Å². The minimum absolute atomic E-state index is 0.0883. The van der Waals surface area contributed by atoms with Crippen molar-refractivity contribution in [2.45, 2.75) is 31.3 Å². The van der Waals surface area contributed by atoms with Crippen LogP contribution in [0, 0.1) is 5.82 Å². The molecule has 1 heterocycles. The number of amides is 3. The van der Waals surface area contributed by atoms with Crippen molar-refractivity contribution in [3.8, 4) is 0 Å². The maximum Gasteiger partial charge on any atom is 0.257 e. The largest absolute Gasteiger partial charge is 0.323 e. The molecule has 0 bridgehead atoms. The van der Waals surface area contributed by atoms with E-state index in [2.05, 4.69) is 0 Å². The van der Waals surface area contributed by atoms with Gasteiger partial charge in [0.1, 0.15) is 11.9 Å². The quantitative estimate of drug-likeness (QED) is 0.756. The summed E-state index contributed by atoms with van der Waals surface area (Å²) in [4.78, 5) is 40.9. The van der Waals surface area contributed by atoms with Crippen LogP contribution in [0.25, 0.3) is 0 Å². The van der Waals surface area contributed by atoms with Gasteiger partial charge in [0.05, 0.1) is 17.7 Å². The molecular weight excluding hydrogens is 371 g/mol. The Labute approximate surface area is 160 Å². The van der Waals surface area contributed by atoms with Gasteiger partial charge >= 0.3 is 0 Å². The Bertz CT molecular complexity index is 927. The minimum Gasteiger partial charge on any atom is -0.323 e. The second-order valence-electron chi connectivity index (χ2n) is 6.69. The van der Waals surface area contributed by atoms with Gasteiger partial charge in [-0.15, -0.1) is 0 Å². The number of hydrogen-bond acceptors (Lipinski definition) is 3. The Morgan fingerprint density at radius 1 is 1.07 bits per heavy atom. The van der Waals surface area contributed by atoms with Crippen LogP contribution >= 0.6 is 11.6 Å². The maximum absolute atomic E-state index is 14.1. The van der Waals surface area contributed by atoms with Crippen LogP contribution in [0.15, 0.2) is 48.5 Å². The molecule has 7 heteroatoms. The molecule has 27 heavy (non-hydrogen) atoms. The molecule has 138 valence electrons. The average Bonchev–Trinajstić information content (AvgIpc) is 3.43. The summed E-state index contributed by atoms with van der Waals surface area (Å²) in [5.74, 6) is -2.06. The highest BCUT2D eigenvalue weighted by molar-refractivity contribution is 6.31. The zero-order chi connectivity index (χ0) is 19.1. The van der Waals surface area contributed by atoms with Crippen LogP contribution in [0.1, 0.15) is 29.6 Å². The number of carbonyl (C=O) groups is 3. The van der Waals surface area contributed by atoms with Crippen molar-refractivity contribution in [3.05, 3.63) is 64.9 Å². The molecule has 1 aliphatic carbocycles. The highest BCUT2D eigenvalue weighted by Gasteiger charge is 2.49. The number of rotatable bonds is 4. The summed E-state index contributed by atoms with van der Waals surface area (Å²) in [6.45, 7) is 0. The molecule has 0 aromatic heterocycles. The lowest BCUT2D eigenvalue weighted by Crippen LogP contribution is -2.47. The van der Waals surface area contributed by atoms with E-state index in [1.165, 1.54) is 23.1 Å². The predicted octanol–water partition coefficient (Wildman–Crippen LogP) is 3.42. The second-order valence-corrected chi connectivity index (χ2v) is 7.12. The predicted molar refractivity (Wildman–Crippen MR) is 97.9 cm³/mol. The van der Waals surface area contributed by atoms with Gasteiger partial charge in [-0.2, -0.15) is 0 Å². The Morgan fingerprint density at radius 2 is 1.74 bits per heavy atom. The summed E-state index contributed by atoms with van der Waals surface area (Å²) >= 11 is 5.87. The van der Waals surface area contributed by atoms with Crippen LogP contribution in [0.5, 0.6) is 0 Å². The van der Waals surface area contributed by atoms with Gasteiger partial charge in [0.2, 0.25) is 5.91 Å². The van der Waals surface area contributed by atoms with Gasteiger partial charge in [0.15, 0.2) is 0 Å². The van der Waals surface area contributed by atoms with Gasteiger partial charge < -0.3 is 4.90 Å². The molecule has 0 N–H and O–H groups in total. The van der Waals surface area contributed by atoms with Crippen molar-refractivity contribution in [1.82, 2.24) is 4.90 Å². The summed E-state index contributed by atoms with van der Waals surface area (Å²) in [6.07, 6.45) is 1.36. The summed E-state index contributed by atoms with van der Waals surface area (Å²) < 4.78 is 14.1. The molecule has 2 fully saturated rings. The SMILES string of the molecule is O=C1CC(N(C(=O)c2ccccc2F)C2CC2)C(=O)N1c1ccc(Cl)cc1. The van der Waals surface area contributed by atoms with E-state index in [1.807, 2.05) is 0 Å². The molecule has 4 rings (SSSR count). The van der Waals surface area contributed by atoms with Gasteiger partial charge in [-0.3, -0.25) is 14.4 Å². The third-order valence-corrected chi connectivity index (χ3v) is 5.07. The molecule has 1 aliphatic heterocycles. The number of benzene rings is 2. The molecule has 1 atom stereocenters. The Kier molecular flexibility index (Phi) is 4.44. The molecule has 0 radical (unpaired) electrons. The van der Waals surface area contributed by atoms with Crippen LogP contribution in [0.3, 0.4) is 0 Å². The molecule has 0 spiro atoms. The fraction of sp³-hybridized carbons (Fsp3) is 0.250. The Balaban J connectivity index is 1.65. The Hall–Kier alpha value is -2.73. The lowest BCUT2D eigenvalue weighted by atomic mass is 10.1. The highest BCUT2D eigenvalue weighted by Crippen LogP contribution is 2.35. The van der Waals surface area contributed by atoms with Crippen LogP contribution in [0.4, 0.5) is 10.1 Å². The van der Waals surface area contributed by atoms with Gasteiger partial charge in [0, 0.05) is 11.1 Å². The van der Waals surface area contributed by atoms with Crippen molar-refractivity contribution in [2.24, 2.45) is 0 Å². The number of anilines is 1. The van der Waals surface area contributed by atoms with E-state index in [4.69, 9.17) is 11.6 Å². The monoisotopic (exact) mass is 386 g/mol. The molecule has 1 saturated carbocycles. The summed E-state index contributed by atoms with van der Waals surface area (Å²) in [5.41, 5.74) is 0.320. The van der Waals surface area contributed by atoms with E-state index in [9.17, 15) is 18.8 Å². The summed E-state index contributed by atoms with van der Waals surface area (Å²) in [5, 5.41) is 0.490. The second kappa shape index (κ2) is 6.78. The molecule has 2 aromatic carbocycles. The number of hydrogen-bond donors (Lipinski definition) is 0. The van der Waals surface area contributed by atoms with Crippen LogP contribution < -0.4 is 4.90 Å². The van der Waals surface area contributed by atoms with E-state index < -0.39 is 23.7 Å². The molecule has 3 amide bonds. The molecular formula is C20H16ClFN2O3. The van der Waals surface area contributed by atoms with E-state index in [0.717, 1.165) is 17.7 Å². The molecule has 2 aromatic rings. The first kappa shape index (κ1) is 17.7. The van der Waals surface area contributed by atoms with E-state index in [1.54, 1.807) is 30.3 Å². The smallest absolute Gasteiger partial charge is 0.257 e. The topological polar surface area (TPSA) is 57.7 Å². The number of imide groups is 1. The van der Waals surface area contributed by atoms with Crippen LogP contribution in [0.2, 0.25) is 5.02 Å². The number of nitrogens with zero attached hydrogens (tertiary/aromatic N) is 2. The van der Waals surface area contributed by atoms with Crippen molar-refractivity contribution in [2.75, 3.05) is 4.90 Å². The average molecular weight is 387 g/mol. The number of carbonyl (C=O) groups excluding carboxylic acids is 3. The van der Waals surface area contributed by atoms with Gasteiger partial charge in [-0.1, -0.05) is 23.7 Å². The molecule has 1 unspecified atom stereocenters. The van der Waals surface area contributed by atoms with Crippen molar-refractivity contribution < 1.29 is 18.8 Å². The fourth-order valence-electron chi connectivity index (χ4n) is 3.38. The molecule has 5 nitrogen and oxygen atoms in total. The standard InChI is InChI=1S/C20H16ClFN2O3/c21-12-5-7-14(8-6-12)24-18(25)11-17(20(24)27)23(13-9-10-13)19(26)15-3-1-2-4-16(15)22/h1-8,13,17H,9-11H2. The van der Waals surface area contributed by atoms with Gasteiger partial charge in [-0.25, -0.2) is 9.29 Å². The first-order valence-corrected chi connectivity index (χ1v) is 9.04. The molecule has 1 saturated heterocycles.